The average molecular weight is 431 g/mol. The maximum atomic E-state index is 14.0. The number of methoxy groups -OCH3 is 2. The Bertz CT molecular complexity index is 898. The van der Waals surface area contributed by atoms with Gasteiger partial charge in [-0.15, -0.1) is 0 Å². The third kappa shape index (κ3) is 5.79. The molecule has 0 saturated carbocycles. The van der Waals surface area contributed by atoms with E-state index >= 15 is 0 Å². The van der Waals surface area contributed by atoms with Crippen LogP contribution in [0.15, 0.2) is 41.4 Å². The smallest absolute Gasteiger partial charge is 0.194 e. The molecule has 7 nitrogen and oxygen atoms in total. The van der Waals surface area contributed by atoms with Crippen molar-refractivity contribution in [3.63, 3.8) is 0 Å². The topological polar surface area (TPSA) is 69.6 Å². The second kappa shape index (κ2) is 10.9. The number of phenolic OH excluding ortho intramolecular Hbond substituents is 1. The Labute approximate surface area is 183 Å². The zero-order chi connectivity index (χ0) is 22.2. The van der Waals surface area contributed by atoms with Crippen LogP contribution in [0.3, 0.4) is 0 Å². The van der Waals surface area contributed by atoms with Gasteiger partial charge in [0.1, 0.15) is 0 Å². The Hall–Kier alpha value is -3.00. The van der Waals surface area contributed by atoms with Crippen LogP contribution >= 0.6 is 0 Å². The molecule has 1 saturated heterocycles. The lowest BCUT2D eigenvalue weighted by molar-refractivity contribution is 0.172. The summed E-state index contributed by atoms with van der Waals surface area (Å²) in [5.41, 5.74) is 1.65. The molecule has 3 rings (SSSR count). The van der Waals surface area contributed by atoms with E-state index < -0.39 is 0 Å². The molecule has 1 fully saturated rings. The van der Waals surface area contributed by atoms with Crippen LogP contribution in [-0.4, -0.2) is 67.8 Å². The van der Waals surface area contributed by atoms with Crippen molar-refractivity contribution in [3.8, 4) is 17.2 Å². The predicted octanol–water partition coefficient (Wildman–Crippen LogP) is 2.83. The van der Waals surface area contributed by atoms with Crippen LogP contribution < -0.4 is 14.8 Å². The quantitative estimate of drug-likeness (QED) is 0.520. The molecule has 31 heavy (non-hydrogen) atoms. The molecule has 0 aromatic heterocycles. The van der Waals surface area contributed by atoms with E-state index in [4.69, 9.17) is 14.5 Å². The Morgan fingerprint density at radius 1 is 1.10 bits per heavy atom. The first kappa shape index (κ1) is 22.7. The van der Waals surface area contributed by atoms with Crippen molar-refractivity contribution >= 4 is 5.96 Å². The van der Waals surface area contributed by atoms with Crippen molar-refractivity contribution in [2.24, 2.45) is 4.99 Å². The van der Waals surface area contributed by atoms with Gasteiger partial charge in [0.2, 0.25) is 0 Å². The highest BCUT2D eigenvalue weighted by Gasteiger charge is 2.20. The molecule has 0 radical (unpaired) electrons. The van der Waals surface area contributed by atoms with E-state index in [2.05, 4.69) is 15.1 Å². The minimum absolute atomic E-state index is 0.126. The van der Waals surface area contributed by atoms with E-state index in [9.17, 15) is 9.50 Å². The number of guanidine groups is 1. The minimum atomic E-state index is -0.332. The van der Waals surface area contributed by atoms with Crippen LogP contribution in [0.25, 0.3) is 0 Å². The largest absolute Gasteiger partial charge is 0.504 e. The molecule has 1 aliphatic rings. The lowest BCUT2D eigenvalue weighted by Crippen LogP contribution is -2.52. The van der Waals surface area contributed by atoms with E-state index in [0.29, 0.717) is 18.8 Å². The normalized spacial score (nSPS) is 15.1. The molecule has 0 aliphatic carbocycles. The van der Waals surface area contributed by atoms with Crippen molar-refractivity contribution in [3.05, 3.63) is 53.3 Å². The average Bonchev–Trinajstić information content (AvgIpc) is 2.78. The number of halogens is 1. The van der Waals surface area contributed by atoms with E-state index in [0.717, 1.165) is 49.8 Å². The Balaban J connectivity index is 1.60. The summed E-state index contributed by atoms with van der Waals surface area (Å²) in [6, 6.07) is 10.5. The second-order valence-electron chi connectivity index (χ2n) is 7.37. The van der Waals surface area contributed by atoms with E-state index in [1.165, 1.54) is 20.3 Å². The summed E-state index contributed by atoms with van der Waals surface area (Å²) in [6.07, 6.45) is 0. The predicted molar refractivity (Wildman–Crippen MR) is 119 cm³/mol. The van der Waals surface area contributed by atoms with Gasteiger partial charge in [0.25, 0.3) is 0 Å². The molecule has 2 N–H and O–H groups in total. The highest BCUT2D eigenvalue weighted by Crippen LogP contribution is 2.29. The summed E-state index contributed by atoms with van der Waals surface area (Å²) in [4.78, 5) is 9.23. The zero-order valence-corrected chi connectivity index (χ0v) is 18.4. The number of hydrogen-bond donors (Lipinski definition) is 2. The number of aliphatic imine (C=N–C) groups is 1. The number of aromatic hydroxyl groups is 1. The number of nitrogens with one attached hydrogen (secondary N) is 1. The Morgan fingerprint density at radius 2 is 1.84 bits per heavy atom. The Kier molecular flexibility index (Phi) is 7.94. The van der Waals surface area contributed by atoms with Crippen LogP contribution in [0.2, 0.25) is 0 Å². The summed E-state index contributed by atoms with van der Waals surface area (Å²) in [6.45, 7) is 7.17. The summed E-state index contributed by atoms with van der Waals surface area (Å²) in [7, 11) is 3.00. The van der Waals surface area contributed by atoms with Crippen LogP contribution in [0, 0.1) is 5.82 Å². The van der Waals surface area contributed by atoms with Gasteiger partial charge in [-0.1, -0.05) is 18.2 Å². The fourth-order valence-electron chi connectivity index (χ4n) is 3.63. The summed E-state index contributed by atoms with van der Waals surface area (Å²) in [5, 5.41) is 13.6. The van der Waals surface area contributed by atoms with Gasteiger partial charge in [-0.25, -0.2) is 9.38 Å². The van der Waals surface area contributed by atoms with E-state index in [1.54, 1.807) is 12.1 Å². The van der Waals surface area contributed by atoms with Crippen molar-refractivity contribution in [2.75, 3.05) is 46.9 Å². The SMILES string of the molecule is CCNC(=NCc1cccc(OC)c1O)N1CCN(Cc2ccc(OC)c(F)c2)CC1. The van der Waals surface area contributed by atoms with Crippen molar-refractivity contribution in [1.29, 1.82) is 0 Å². The van der Waals surface area contributed by atoms with Crippen LogP contribution in [0.1, 0.15) is 18.1 Å². The lowest BCUT2D eigenvalue weighted by Gasteiger charge is -2.36. The van der Waals surface area contributed by atoms with Crippen LogP contribution in [0.5, 0.6) is 17.2 Å². The molecule has 1 aliphatic heterocycles. The van der Waals surface area contributed by atoms with Crippen LogP contribution in [0.4, 0.5) is 4.39 Å². The summed E-state index contributed by atoms with van der Waals surface area (Å²) >= 11 is 0. The molecule has 2 aromatic carbocycles. The van der Waals surface area contributed by atoms with Crippen molar-refractivity contribution < 1.29 is 19.0 Å². The summed E-state index contributed by atoms with van der Waals surface area (Å²) < 4.78 is 24.1. The number of phenols is 1. The molecule has 8 heteroatoms. The molecule has 0 atom stereocenters. The fraction of sp³-hybridized carbons (Fsp3) is 0.435. The number of para-hydroxylation sites is 1. The van der Waals surface area contributed by atoms with Gasteiger partial charge in [-0.3, -0.25) is 4.90 Å². The number of nitrogens with zero attached hydrogens (tertiary/aromatic N) is 3. The minimum Gasteiger partial charge on any atom is -0.504 e. The van der Waals surface area contributed by atoms with Gasteiger partial charge in [0, 0.05) is 44.8 Å². The third-order valence-electron chi connectivity index (χ3n) is 5.33. The van der Waals surface area contributed by atoms with Gasteiger partial charge in [-0.05, 0) is 30.7 Å². The first-order valence-corrected chi connectivity index (χ1v) is 10.5. The zero-order valence-electron chi connectivity index (χ0n) is 18.4. The first-order valence-electron chi connectivity index (χ1n) is 10.5. The molecular formula is C23H31FN4O3. The van der Waals surface area contributed by atoms with E-state index in [1.807, 2.05) is 25.1 Å². The number of hydrogen-bond acceptors (Lipinski definition) is 5. The number of ether oxygens (including phenoxy) is 2. The molecule has 0 amide bonds. The molecule has 168 valence electrons. The van der Waals surface area contributed by atoms with Gasteiger partial charge in [-0.2, -0.15) is 0 Å². The number of rotatable bonds is 7. The highest BCUT2D eigenvalue weighted by molar-refractivity contribution is 5.80. The molecule has 0 unspecified atom stereocenters. The number of piperazine rings is 1. The monoisotopic (exact) mass is 430 g/mol. The highest BCUT2D eigenvalue weighted by atomic mass is 19.1. The van der Waals surface area contributed by atoms with Gasteiger partial charge in [0.05, 0.1) is 20.8 Å². The lowest BCUT2D eigenvalue weighted by atomic mass is 10.2. The fourth-order valence-corrected chi connectivity index (χ4v) is 3.63. The number of benzene rings is 2. The first-order chi connectivity index (χ1) is 15.0. The van der Waals surface area contributed by atoms with Crippen molar-refractivity contribution in [2.45, 2.75) is 20.0 Å². The van der Waals surface area contributed by atoms with Gasteiger partial charge in [0.15, 0.2) is 29.0 Å². The van der Waals surface area contributed by atoms with Gasteiger partial charge < -0.3 is 24.8 Å². The van der Waals surface area contributed by atoms with Gasteiger partial charge >= 0.3 is 0 Å². The standard InChI is InChI=1S/C23H31FN4O3/c1-4-25-23(26-15-18-6-5-7-21(31-3)22(18)29)28-12-10-27(11-13-28)16-17-8-9-20(30-2)19(24)14-17/h5-9,14,29H,4,10-13,15-16H2,1-3H3,(H,25,26). The molecule has 1 heterocycles. The van der Waals surface area contributed by atoms with Crippen LogP contribution in [-0.2, 0) is 13.1 Å². The Morgan fingerprint density at radius 3 is 2.48 bits per heavy atom. The third-order valence-corrected chi connectivity index (χ3v) is 5.33. The molecule has 2 aromatic rings. The van der Waals surface area contributed by atoms with Crippen molar-refractivity contribution in [1.82, 2.24) is 15.1 Å². The molecule has 0 bridgehead atoms. The molecule has 0 spiro atoms. The second-order valence-corrected chi connectivity index (χ2v) is 7.37. The molecular weight excluding hydrogens is 399 g/mol. The maximum Gasteiger partial charge on any atom is 0.194 e. The maximum absolute atomic E-state index is 14.0. The summed E-state index contributed by atoms with van der Waals surface area (Å²) in [5.74, 6) is 1.32. The van der Waals surface area contributed by atoms with E-state index in [-0.39, 0.29) is 17.3 Å².